The summed E-state index contributed by atoms with van der Waals surface area (Å²) in [7, 11) is 5.85. The molecule has 7 heteroatoms. The number of halogens is 4. The molecule has 2 rings (SSSR count). The molecule has 2 radical (unpaired) electrons. The van der Waals surface area contributed by atoms with Crippen LogP contribution in [0.1, 0.15) is 26.7 Å². The summed E-state index contributed by atoms with van der Waals surface area (Å²) >= 11 is 0. The highest BCUT2D eigenvalue weighted by Gasteiger charge is 2.44. The summed E-state index contributed by atoms with van der Waals surface area (Å²) in [6.45, 7) is 5.22. The quantitative estimate of drug-likeness (QED) is 0.477. The van der Waals surface area contributed by atoms with E-state index < -0.39 is 5.82 Å². The highest BCUT2D eigenvalue weighted by molar-refractivity contribution is 6.19. The van der Waals surface area contributed by atoms with Gasteiger partial charge in [0.15, 0.2) is 7.85 Å². The number of hydrogen-bond donors (Lipinski definition) is 0. The second kappa shape index (κ2) is 8.02. The van der Waals surface area contributed by atoms with Crippen LogP contribution in [0, 0.1) is 0 Å². The fourth-order valence-corrected chi connectivity index (χ4v) is 2.39. The number of unbranched alkanes of at least 4 members (excludes halogenated alkanes) is 1. The Hall–Kier alpha value is -1.40. The third kappa shape index (κ3) is 3.19. The highest BCUT2D eigenvalue weighted by Crippen LogP contribution is 2.44. The van der Waals surface area contributed by atoms with E-state index in [1.165, 1.54) is 0 Å². The average molecular weight is 292 g/mol. The van der Waals surface area contributed by atoms with Crippen LogP contribution in [-0.4, -0.2) is 26.8 Å². The molecule has 0 N–H and O–H groups in total. The Kier molecular flexibility index (Phi) is 8.38. The first-order chi connectivity index (χ1) is 8.12. The van der Waals surface area contributed by atoms with E-state index in [1.807, 2.05) is 31.2 Å². The molecule has 1 atom stereocenters. The van der Waals surface area contributed by atoms with E-state index in [1.54, 1.807) is 9.80 Å². The van der Waals surface area contributed by atoms with Gasteiger partial charge in [0.05, 0.1) is 11.4 Å². The molecule has 20 heavy (non-hydrogen) atoms. The Bertz CT molecular complexity index is 404. The van der Waals surface area contributed by atoms with E-state index in [0.29, 0.717) is 13.1 Å². The Balaban J connectivity index is 0. The first kappa shape index (κ1) is 20.9. The van der Waals surface area contributed by atoms with Crippen molar-refractivity contribution in [1.82, 2.24) is 0 Å². The van der Waals surface area contributed by atoms with E-state index in [-0.39, 0.29) is 14.1 Å². The van der Waals surface area contributed by atoms with Crippen LogP contribution in [0.3, 0.4) is 0 Å². The van der Waals surface area contributed by atoms with Gasteiger partial charge in [-0.3, -0.25) is 14.1 Å². The maximum Gasteiger partial charge on any atom is 0.206 e. The van der Waals surface area contributed by atoms with Crippen LogP contribution in [-0.2, 0) is 0 Å². The summed E-state index contributed by atoms with van der Waals surface area (Å²) < 4.78 is 14.7. The van der Waals surface area contributed by atoms with E-state index in [0.717, 1.165) is 24.2 Å². The fourth-order valence-electron chi connectivity index (χ4n) is 2.39. The first-order valence-electron chi connectivity index (χ1n) is 6.25. The van der Waals surface area contributed by atoms with Crippen molar-refractivity contribution in [2.24, 2.45) is 0 Å². The van der Waals surface area contributed by atoms with Gasteiger partial charge in [0.1, 0.15) is 0 Å². The van der Waals surface area contributed by atoms with Crippen LogP contribution in [0.25, 0.3) is 0 Å². The Labute approximate surface area is 118 Å². The zero-order chi connectivity index (χ0) is 12.5. The minimum Gasteiger partial charge on any atom is -0.330 e. The van der Waals surface area contributed by atoms with Gasteiger partial charge in [-0.1, -0.05) is 25.5 Å². The molecule has 1 aromatic rings. The number of rotatable bonds is 4. The van der Waals surface area contributed by atoms with E-state index in [2.05, 4.69) is 6.92 Å². The normalized spacial score (nSPS) is 19.6. The molecule has 1 aliphatic heterocycles. The van der Waals surface area contributed by atoms with E-state index in [4.69, 9.17) is 7.85 Å². The van der Waals surface area contributed by atoms with Gasteiger partial charge in [-0.15, -0.1) is 0 Å². The molecule has 1 unspecified atom stereocenters. The van der Waals surface area contributed by atoms with Crippen LogP contribution in [0.15, 0.2) is 24.3 Å². The molecule has 0 spiro atoms. The van der Waals surface area contributed by atoms with Crippen molar-refractivity contribution in [2.45, 2.75) is 32.5 Å². The lowest BCUT2D eigenvalue weighted by molar-refractivity contribution is 0.265. The molecular formula is C13H21BF4N2. The lowest BCUT2D eigenvalue weighted by Gasteiger charge is -2.36. The molecule has 0 fully saturated rings. The summed E-state index contributed by atoms with van der Waals surface area (Å²) in [5.74, 6) is -1.90. The smallest absolute Gasteiger partial charge is 0.206 e. The van der Waals surface area contributed by atoms with Crippen molar-refractivity contribution in [1.29, 1.82) is 0 Å². The number of benzene rings is 1. The third-order valence-corrected chi connectivity index (χ3v) is 3.27. The molecule has 114 valence electrons. The van der Waals surface area contributed by atoms with Crippen LogP contribution in [0.5, 0.6) is 0 Å². The van der Waals surface area contributed by atoms with Crippen molar-refractivity contribution >= 4 is 19.2 Å². The summed E-state index contributed by atoms with van der Waals surface area (Å²) in [5, 5.41) is 0. The first-order valence-corrected chi connectivity index (χ1v) is 6.25. The van der Waals surface area contributed by atoms with Crippen molar-refractivity contribution in [3.63, 3.8) is 0 Å². The fraction of sp³-hybridized carbons (Fsp3) is 0.538. The number of alkyl halides is 1. The molecule has 0 aliphatic carbocycles. The Morgan fingerprint density at radius 2 is 1.55 bits per heavy atom. The van der Waals surface area contributed by atoms with Crippen LogP contribution < -0.4 is 9.80 Å². The molecule has 1 heterocycles. The number of anilines is 2. The van der Waals surface area contributed by atoms with Gasteiger partial charge in [0.2, 0.25) is 5.82 Å². The zero-order valence-corrected chi connectivity index (χ0v) is 11.7. The van der Waals surface area contributed by atoms with Gasteiger partial charge < -0.3 is 9.80 Å². The van der Waals surface area contributed by atoms with Crippen molar-refractivity contribution in [3.05, 3.63) is 24.3 Å². The number of fused-ring (bicyclic) bond motifs is 1. The van der Waals surface area contributed by atoms with E-state index in [9.17, 15) is 4.39 Å². The number of para-hydroxylation sites is 2. The van der Waals surface area contributed by atoms with Gasteiger partial charge in [0, 0.05) is 13.1 Å². The molecular weight excluding hydrogens is 271 g/mol. The highest BCUT2D eigenvalue weighted by atomic mass is 19.1. The zero-order valence-electron chi connectivity index (χ0n) is 11.7. The van der Waals surface area contributed by atoms with E-state index >= 15 is 0 Å². The Morgan fingerprint density at radius 1 is 1.05 bits per heavy atom. The van der Waals surface area contributed by atoms with Gasteiger partial charge >= 0.3 is 0 Å². The monoisotopic (exact) mass is 292 g/mol. The molecule has 0 amide bonds. The topological polar surface area (TPSA) is 6.48 Å². The Morgan fingerprint density at radius 3 is 2.00 bits per heavy atom. The molecule has 0 saturated heterocycles. The second-order valence-electron chi connectivity index (χ2n) is 4.37. The molecule has 1 aromatic carbocycles. The summed E-state index contributed by atoms with van der Waals surface area (Å²) in [4.78, 5) is 3.27. The van der Waals surface area contributed by atoms with Gasteiger partial charge in [-0.2, -0.15) is 0 Å². The van der Waals surface area contributed by atoms with Gasteiger partial charge in [-0.25, -0.2) is 4.39 Å². The largest absolute Gasteiger partial charge is 0.330 e. The van der Waals surface area contributed by atoms with Gasteiger partial charge in [-0.05, 0) is 25.5 Å². The average Bonchev–Trinajstić information content (AvgIpc) is 2.53. The van der Waals surface area contributed by atoms with Crippen LogP contribution in [0.4, 0.5) is 29.9 Å². The molecule has 2 nitrogen and oxygen atoms in total. The summed E-state index contributed by atoms with van der Waals surface area (Å²) in [5.41, 5.74) is 1.78. The van der Waals surface area contributed by atoms with Gasteiger partial charge in [0.25, 0.3) is 0 Å². The number of hydrogen-bond acceptors (Lipinski definition) is 2. The third-order valence-electron chi connectivity index (χ3n) is 3.27. The molecule has 0 bridgehead atoms. The summed E-state index contributed by atoms with van der Waals surface area (Å²) in [6.07, 6.45) is 1.97. The maximum absolute atomic E-state index is 14.7. The SMILES string of the molecule is F.F.F.[B]C1(F)N(CC)c2ccccc2N1CCCC. The van der Waals surface area contributed by atoms with Crippen LogP contribution in [0.2, 0.25) is 0 Å². The molecule has 0 aromatic heterocycles. The van der Waals surface area contributed by atoms with Crippen molar-refractivity contribution < 1.29 is 18.5 Å². The summed E-state index contributed by atoms with van der Waals surface area (Å²) in [6, 6.07) is 7.70. The van der Waals surface area contributed by atoms with Crippen molar-refractivity contribution in [3.8, 4) is 0 Å². The van der Waals surface area contributed by atoms with Crippen molar-refractivity contribution in [2.75, 3.05) is 22.9 Å². The molecule has 0 saturated carbocycles. The lowest BCUT2D eigenvalue weighted by Crippen LogP contribution is -2.54. The minimum atomic E-state index is -1.90. The van der Waals surface area contributed by atoms with Crippen LogP contribution >= 0.6 is 0 Å². The second-order valence-corrected chi connectivity index (χ2v) is 4.37. The predicted molar refractivity (Wildman–Crippen MR) is 78.8 cm³/mol. The maximum atomic E-state index is 14.7. The minimum absolute atomic E-state index is 0. The lowest BCUT2D eigenvalue weighted by atomic mass is 9.99. The standard InChI is InChI=1S/C13H18BFN2.3FH/c1-3-5-10-17-12-9-7-6-8-11(12)16(4-2)13(17,14)15;;;/h6-9H,3-5,10H2,1-2H3;3*1H. The molecule has 1 aliphatic rings. The number of nitrogens with zero attached hydrogens (tertiary/aromatic N) is 2. The predicted octanol–water partition coefficient (Wildman–Crippen LogP) is 3.34.